The maximum Gasteiger partial charge on any atom is 0.279 e. The van der Waals surface area contributed by atoms with Crippen LogP contribution in [0.5, 0.6) is 5.75 Å². The second-order valence-corrected chi connectivity index (χ2v) is 7.17. The Morgan fingerprint density at radius 1 is 1.07 bits per heavy atom. The number of halogens is 2. The first kappa shape index (κ1) is 19.6. The fourth-order valence-corrected chi connectivity index (χ4v) is 3.40. The van der Waals surface area contributed by atoms with E-state index in [0.29, 0.717) is 18.8 Å². The number of quaternary nitrogens is 2. The van der Waals surface area contributed by atoms with Gasteiger partial charge >= 0.3 is 0 Å². The minimum Gasteiger partial charge on any atom is -0.488 e. The summed E-state index contributed by atoms with van der Waals surface area (Å²) < 4.78 is 18.9. The standard InChI is InChI=1S/C20H23ClFN3O2/c21-18-14-16(6-7-19(18)22)23-20(26)15-25-10-8-24(9-11-25)12-13-27-17-4-2-1-3-5-17/h1-7,14H,8-13,15H2,(H,23,26)/p+2. The second-order valence-electron chi connectivity index (χ2n) is 6.77. The Bertz CT molecular complexity index is 752. The molecule has 3 rings (SSSR count). The zero-order valence-electron chi connectivity index (χ0n) is 15.1. The van der Waals surface area contributed by atoms with E-state index in [1.54, 1.807) is 0 Å². The van der Waals surface area contributed by atoms with E-state index in [0.717, 1.165) is 38.5 Å². The molecule has 27 heavy (non-hydrogen) atoms. The molecular weight excluding hydrogens is 369 g/mol. The van der Waals surface area contributed by atoms with Gasteiger partial charge in [-0.05, 0) is 30.3 Å². The van der Waals surface area contributed by atoms with E-state index in [2.05, 4.69) is 5.32 Å². The van der Waals surface area contributed by atoms with Crippen LogP contribution < -0.4 is 19.9 Å². The van der Waals surface area contributed by atoms with Crippen molar-refractivity contribution < 1.29 is 23.7 Å². The quantitative estimate of drug-likeness (QED) is 0.633. The number of rotatable bonds is 7. The van der Waals surface area contributed by atoms with Gasteiger partial charge in [-0.3, -0.25) is 4.79 Å². The van der Waals surface area contributed by atoms with Crippen LogP contribution in [0.4, 0.5) is 10.1 Å². The molecule has 7 heteroatoms. The van der Waals surface area contributed by atoms with Crippen molar-refractivity contribution in [1.29, 1.82) is 0 Å². The summed E-state index contributed by atoms with van der Waals surface area (Å²) in [6.07, 6.45) is 0. The zero-order chi connectivity index (χ0) is 19.1. The number of carbonyl (C=O) groups excluding carboxylic acids is 1. The highest BCUT2D eigenvalue weighted by Crippen LogP contribution is 2.19. The van der Waals surface area contributed by atoms with E-state index in [4.69, 9.17) is 16.3 Å². The largest absolute Gasteiger partial charge is 0.488 e. The van der Waals surface area contributed by atoms with Crippen LogP contribution in [0.3, 0.4) is 0 Å². The molecule has 1 saturated heterocycles. The van der Waals surface area contributed by atoms with Crippen LogP contribution in [0.15, 0.2) is 48.5 Å². The first-order valence-electron chi connectivity index (χ1n) is 9.20. The number of hydrogen-bond donors (Lipinski definition) is 3. The van der Waals surface area contributed by atoms with Crippen LogP contribution in [-0.2, 0) is 4.79 Å². The van der Waals surface area contributed by atoms with Crippen molar-refractivity contribution in [2.24, 2.45) is 0 Å². The molecular formula is C20H25ClFN3O2+2. The number of piperazine rings is 1. The lowest BCUT2D eigenvalue weighted by molar-refractivity contribution is -1.01. The lowest BCUT2D eigenvalue weighted by Gasteiger charge is -2.29. The van der Waals surface area contributed by atoms with Gasteiger partial charge in [-0.1, -0.05) is 29.8 Å². The highest BCUT2D eigenvalue weighted by atomic mass is 35.5. The molecule has 0 saturated carbocycles. The Kier molecular flexibility index (Phi) is 7.04. The molecule has 5 nitrogen and oxygen atoms in total. The van der Waals surface area contributed by atoms with E-state index < -0.39 is 5.82 Å². The molecule has 2 aromatic rings. The molecule has 1 fully saturated rings. The summed E-state index contributed by atoms with van der Waals surface area (Å²) >= 11 is 5.74. The van der Waals surface area contributed by atoms with E-state index >= 15 is 0 Å². The van der Waals surface area contributed by atoms with Crippen molar-refractivity contribution in [3.05, 3.63) is 59.4 Å². The first-order valence-corrected chi connectivity index (χ1v) is 9.58. The van der Waals surface area contributed by atoms with E-state index in [1.165, 1.54) is 28.0 Å². The van der Waals surface area contributed by atoms with E-state index in [1.807, 2.05) is 30.3 Å². The van der Waals surface area contributed by atoms with Gasteiger partial charge in [-0.15, -0.1) is 0 Å². The average Bonchev–Trinajstić information content (AvgIpc) is 2.67. The molecule has 3 N–H and O–H groups in total. The smallest absolute Gasteiger partial charge is 0.279 e. The van der Waals surface area contributed by atoms with Crippen LogP contribution in [0.25, 0.3) is 0 Å². The van der Waals surface area contributed by atoms with Gasteiger partial charge in [0.05, 0.1) is 5.02 Å². The third-order valence-corrected chi connectivity index (χ3v) is 5.04. The number of anilines is 1. The molecule has 1 amide bonds. The van der Waals surface area contributed by atoms with Crippen molar-refractivity contribution in [3.8, 4) is 5.75 Å². The van der Waals surface area contributed by atoms with Crippen molar-refractivity contribution >= 4 is 23.2 Å². The Labute approximate surface area is 163 Å². The predicted molar refractivity (Wildman–Crippen MR) is 103 cm³/mol. The van der Waals surface area contributed by atoms with Gasteiger partial charge in [0.25, 0.3) is 5.91 Å². The van der Waals surface area contributed by atoms with Crippen LogP contribution in [-0.4, -0.2) is 51.8 Å². The molecule has 2 aromatic carbocycles. The molecule has 0 spiro atoms. The predicted octanol–water partition coefficient (Wildman–Crippen LogP) is 0.280. The molecule has 144 valence electrons. The second kappa shape index (κ2) is 9.69. The summed E-state index contributed by atoms with van der Waals surface area (Å²) in [6, 6.07) is 14.0. The highest BCUT2D eigenvalue weighted by Gasteiger charge is 2.24. The van der Waals surface area contributed by atoms with Crippen LogP contribution in [0.2, 0.25) is 5.02 Å². The molecule has 0 unspecified atom stereocenters. The van der Waals surface area contributed by atoms with Crippen molar-refractivity contribution in [1.82, 2.24) is 0 Å². The fourth-order valence-electron chi connectivity index (χ4n) is 3.22. The van der Waals surface area contributed by atoms with Gasteiger partial charge in [0.2, 0.25) is 0 Å². The molecule has 0 aromatic heterocycles. The Morgan fingerprint density at radius 2 is 1.78 bits per heavy atom. The topological polar surface area (TPSA) is 47.2 Å². The third kappa shape index (κ3) is 6.20. The minimum atomic E-state index is -0.490. The van der Waals surface area contributed by atoms with Gasteiger partial charge in [0, 0.05) is 5.69 Å². The normalized spacial score (nSPS) is 19.5. The number of carbonyl (C=O) groups is 1. The van der Waals surface area contributed by atoms with Crippen LogP contribution in [0.1, 0.15) is 0 Å². The maximum absolute atomic E-state index is 13.2. The molecule has 1 aliphatic rings. The molecule has 0 atom stereocenters. The van der Waals surface area contributed by atoms with Gasteiger partial charge in [0.15, 0.2) is 6.54 Å². The number of hydrogen-bond acceptors (Lipinski definition) is 2. The molecule has 0 bridgehead atoms. The summed E-state index contributed by atoms with van der Waals surface area (Å²) in [5.41, 5.74) is 0.521. The maximum atomic E-state index is 13.2. The number of ether oxygens (including phenoxy) is 1. The fraction of sp³-hybridized carbons (Fsp3) is 0.350. The van der Waals surface area contributed by atoms with Crippen molar-refractivity contribution in [2.45, 2.75) is 0 Å². The van der Waals surface area contributed by atoms with Gasteiger partial charge in [-0.25, -0.2) is 4.39 Å². The minimum absolute atomic E-state index is 0.00934. The number of benzene rings is 2. The molecule has 1 aliphatic heterocycles. The summed E-state index contributed by atoms with van der Waals surface area (Å²) in [5, 5.41) is 2.79. The van der Waals surface area contributed by atoms with Gasteiger partial charge < -0.3 is 19.9 Å². The van der Waals surface area contributed by atoms with Crippen molar-refractivity contribution in [3.63, 3.8) is 0 Å². The molecule has 0 aliphatic carbocycles. The van der Waals surface area contributed by atoms with Crippen molar-refractivity contribution in [2.75, 3.05) is 51.2 Å². The molecule has 1 heterocycles. The number of para-hydroxylation sites is 1. The summed E-state index contributed by atoms with van der Waals surface area (Å²) in [7, 11) is 0. The van der Waals surface area contributed by atoms with Crippen LogP contribution in [0, 0.1) is 5.82 Å². The average molecular weight is 394 g/mol. The Hall–Kier alpha value is -2.15. The Balaban J connectivity index is 1.35. The SMILES string of the molecule is O=C(C[NH+]1CC[NH+](CCOc2ccccc2)CC1)Nc1ccc(F)c(Cl)c1. The molecule has 0 radical (unpaired) electrons. The van der Waals surface area contributed by atoms with E-state index in [-0.39, 0.29) is 10.9 Å². The summed E-state index contributed by atoms with van der Waals surface area (Å²) in [5.74, 6) is 0.331. The summed E-state index contributed by atoms with van der Waals surface area (Å²) in [6.45, 7) is 5.98. The summed E-state index contributed by atoms with van der Waals surface area (Å²) in [4.78, 5) is 14.9. The lowest BCUT2D eigenvalue weighted by Crippen LogP contribution is -3.28. The van der Waals surface area contributed by atoms with Gasteiger partial charge in [-0.2, -0.15) is 0 Å². The van der Waals surface area contributed by atoms with Crippen LogP contribution >= 0.6 is 11.6 Å². The third-order valence-electron chi connectivity index (χ3n) is 4.75. The van der Waals surface area contributed by atoms with E-state index in [9.17, 15) is 9.18 Å². The van der Waals surface area contributed by atoms with Gasteiger partial charge in [0.1, 0.15) is 50.9 Å². The highest BCUT2D eigenvalue weighted by molar-refractivity contribution is 6.31. The monoisotopic (exact) mass is 393 g/mol. The number of amides is 1. The first-order chi connectivity index (χ1) is 13.1. The number of nitrogens with one attached hydrogen (secondary N) is 3. The Morgan fingerprint density at radius 3 is 2.48 bits per heavy atom. The lowest BCUT2D eigenvalue weighted by atomic mass is 10.3. The zero-order valence-corrected chi connectivity index (χ0v) is 15.9.